The molecule has 0 N–H and O–H groups in total. The van der Waals surface area contributed by atoms with Crippen molar-refractivity contribution in [2.45, 2.75) is 68.4 Å². The zero-order valence-electron chi connectivity index (χ0n) is 23.4. The van der Waals surface area contributed by atoms with Gasteiger partial charge in [0.1, 0.15) is 5.58 Å². The number of alkyl halides is 9. The van der Waals surface area contributed by atoms with Crippen LogP contribution in [0.1, 0.15) is 44.2 Å². The average molecular weight is 655 g/mol. The fourth-order valence-electron chi connectivity index (χ4n) is 4.07. The quantitative estimate of drug-likeness (QED) is 0.0459. The maximum Gasteiger partial charge on any atom is 0.417 e. The zero-order chi connectivity index (χ0) is 33.1. The van der Waals surface area contributed by atoms with Crippen LogP contribution in [0.25, 0.3) is 22.1 Å². The van der Waals surface area contributed by atoms with E-state index in [2.05, 4.69) is 11.3 Å². The van der Waals surface area contributed by atoms with Crippen LogP contribution in [0.5, 0.6) is 0 Å². The smallest absolute Gasteiger partial charge is 0.417 e. The molecule has 14 heteroatoms. The first kappa shape index (κ1) is 35.1. The minimum Gasteiger partial charge on any atom is -0.456 e. The van der Waals surface area contributed by atoms with Gasteiger partial charge in [-0.3, -0.25) is 0 Å². The number of hydrogen-bond donors (Lipinski definition) is 0. The van der Waals surface area contributed by atoms with Gasteiger partial charge in [-0.2, -0.15) is 39.5 Å². The summed E-state index contributed by atoms with van der Waals surface area (Å²) in [6.07, 6.45) is -1.99. The van der Waals surface area contributed by atoms with E-state index in [1.54, 1.807) is 0 Å². The highest BCUT2D eigenvalue weighted by molar-refractivity contribution is 7.99. The van der Waals surface area contributed by atoms with E-state index in [0.29, 0.717) is 18.4 Å². The molecule has 1 aromatic heterocycles. The molecule has 0 saturated heterocycles. The monoisotopic (exact) mass is 654 g/mol. The van der Waals surface area contributed by atoms with E-state index in [9.17, 15) is 49.1 Å². The topological polar surface area (TPSA) is 56.5 Å². The molecule has 1 heterocycles. The molecule has 3 rings (SSSR count). The van der Waals surface area contributed by atoms with E-state index in [-0.39, 0.29) is 27.6 Å². The highest BCUT2D eigenvalue weighted by atomic mass is 32.2. The van der Waals surface area contributed by atoms with Gasteiger partial charge in [0.25, 0.3) is 0 Å². The van der Waals surface area contributed by atoms with Crippen molar-refractivity contribution in [3.63, 3.8) is 0 Å². The van der Waals surface area contributed by atoms with Crippen LogP contribution in [-0.2, 0) is 22.1 Å². The van der Waals surface area contributed by atoms with Gasteiger partial charge < -0.3 is 9.15 Å². The normalized spacial score (nSPS) is 12.9. The molecular weight excluding hydrogens is 627 g/mol. The summed E-state index contributed by atoms with van der Waals surface area (Å²) in [6, 6.07) is 8.05. The number of benzene rings is 2. The summed E-state index contributed by atoms with van der Waals surface area (Å²) >= 11 is 0.0403. The fraction of sp³-hybridized carbons (Fsp3) is 0.400. The van der Waals surface area contributed by atoms with Crippen molar-refractivity contribution >= 4 is 28.7 Å². The fourth-order valence-corrected chi connectivity index (χ4v) is 4.95. The molecule has 240 valence electrons. The van der Waals surface area contributed by atoms with Crippen LogP contribution in [0, 0.1) is 0 Å². The Kier molecular flexibility index (Phi) is 10.6. The zero-order valence-corrected chi connectivity index (χ0v) is 24.3. The molecule has 2 aromatic carbocycles. The molecule has 0 atom stereocenters. The largest absolute Gasteiger partial charge is 0.456 e. The Morgan fingerprint density at radius 3 is 2.20 bits per heavy atom. The average Bonchev–Trinajstić information content (AvgIpc) is 2.93. The maximum atomic E-state index is 14.4. The summed E-state index contributed by atoms with van der Waals surface area (Å²) in [5.41, 5.74) is -3.29. The number of rotatable bonds is 13. The van der Waals surface area contributed by atoms with Gasteiger partial charge in [0.15, 0.2) is 6.61 Å². The minimum atomic E-state index is -5.93. The molecule has 0 bridgehead atoms. The van der Waals surface area contributed by atoms with Gasteiger partial charge in [0.2, 0.25) is 0 Å². The molecule has 0 spiro atoms. The molecule has 44 heavy (non-hydrogen) atoms. The SMILES string of the molecule is C=C(C)C(=O)OCC(F)(F)C(F)(F)C(F)(F)CSc1ccc2cc(-c3ccc(CCCCC)cc3C(F)(F)F)c(=O)oc2c1. The second-order valence-electron chi connectivity index (χ2n) is 10.1. The first-order valence-corrected chi connectivity index (χ1v) is 14.2. The van der Waals surface area contributed by atoms with Crippen LogP contribution in [-0.4, -0.2) is 36.1 Å². The third-order valence-corrected chi connectivity index (χ3v) is 7.62. The van der Waals surface area contributed by atoms with Crippen molar-refractivity contribution in [1.82, 2.24) is 0 Å². The summed E-state index contributed by atoms with van der Waals surface area (Å²) in [4.78, 5) is 23.8. The Morgan fingerprint density at radius 1 is 0.909 bits per heavy atom. The van der Waals surface area contributed by atoms with Gasteiger partial charge in [0, 0.05) is 21.4 Å². The van der Waals surface area contributed by atoms with Gasteiger partial charge in [-0.05, 0) is 49.6 Å². The van der Waals surface area contributed by atoms with E-state index < -0.39 is 70.2 Å². The summed E-state index contributed by atoms with van der Waals surface area (Å²) in [6.45, 7) is 3.76. The van der Waals surface area contributed by atoms with E-state index in [1.807, 2.05) is 6.92 Å². The Labute approximate surface area is 250 Å². The number of aryl methyl sites for hydroxylation is 1. The van der Waals surface area contributed by atoms with Crippen molar-refractivity contribution in [2.75, 3.05) is 12.4 Å². The van der Waals surface area contributed by atoms with Crippen molar-refractivity contribution in [1.29, 1.82) is 0 Å². The second-order valence-corrected chi connectivity index (χ2v) is 11.2. The first-order chi connectivity index (χ1) is 20.3. The number of carbonyl (C=O) groups is 1. The summed E-state index contributed by atoms with van der Waals surface area (Å²) in [5, 5.41) is 0.0899. The molecule has 0 unspecified atom stereocenters. The van der Waals surface area contributed by atoms with Crippen LogP contribution >= 0.6 is 11.8 Å². The summed E-state index contributed by atoms with van der Waals surface area (Å²) in [5.74, 6) is -20.0. The number of carbonyl (C=O) groups excluding carboxylic acids is 1. The third kappa shape index (κ3) is 7.80. The molecule has 0 aliphatic heterocycles. The predicted octanol–water partition coefficient (Wildman–Crippen LogP) is 9.33. The van der Waals surface area contributed by atoms with Crippen molar-refractivity contribution in [2.24, 2.45) is 0 Å². The lowest BCUT2D eigenvalue weighted by Gasteiger charge is -2.32. The van der Waals surface area contributed by atoms with E-state index in [1.165, 1.54) is 18.2 Å². The minimum absolute atomic E-state index is 0.0403. The number of ether oxygens (including phenoxy) is 1. The molecule has 0 aliphatic carbocycles. The van der Waals surface area contributed by atoms with Gasteiger partial charge in [-0.25, -0.2) is 9.59 Å². The Balaban J connectivity index is 1.86. The van der Waals surface area contributed by atoms with Gasteiger partial charge in [-0.15, -0.1) is 11.8 Å². The molecule has 3 aromatic rings. The number of halogens is 9. The molecular formula is C30H27F9O4S. The lowest BCUT2D eigenvalue weighted by molar-refractivity contribution is -0.309. The molecule has 0 fully saturated rings. The van der Waals surface area contributed by atoms with Gasteiger partial charge in [-0.1, -0.05) is 44.5 Å². The predicted molar refractivity (Wildman–Crippen MR) is 147 cm³/mol. The number of hydrogen-bond acceptors (Lipinski definition) is 5. The number of fused-ring (bicyclic) bond motifs is 1. The van der Waals surface area contributed by atoms with Crippen molar-refractivity contribution < 1.29 is 53.5 Å². The second kappa shape index (κ2) is 13.3. The Morgan fingerprint density at radius 2 is 1.59 bits per heavy atom. The highest BCUT2D eigenvalue weighted by Gasteiger charge is 2.71. The number of thioether (sulfide) groups is 1. The maximum absolute atomic E-state index is 14.4. The lowest BCUT2D eigenvalue weighted by atomic mass is 9.95. The van der Waals surface area contributed by atoms with Crippen LogP contribution in [0.2, 0.25) is 0 Å². The van der Waals surface area contributed by atoms with Crippen LogP contribution in [0.3, 0.4) is 0 Å². The lowest BCUT2D eigenvalue weighted by Crippen LogP contribution is -2.57. The van der Waals surface area contributed by atoms with Gasteiger partial charge >= 0.3 is 35.5 Å². The molecule has 0 amide bonds. The van der Waals surface area contributed by atoms with Crippen molar-refractivity contribution in [3.8, 4) is 11.1 Å². The van der Waals surface area contributed by atoms with Crippen LogP contribution in [0.4, 0.5) is 39.5 Å². The number of esters is 1. The molecule has 0 saturated carbocycles. The number of unbranched alkanes of at least 4 members (excludes halogenated alkanes) is 2. The summed E-state index contributed by atoms with van der Waals surface area (Å²) < 4.78 is 136. The molecule has 0 radical (unpaired) electrons. The first-order valence-electron chi connectivity index (χ1n) is 13.2. The molecule has 0 aliphatic rings. The van der Waals surface area contributed by atoms with Crippen LogP contribution < -0.4 is 5.63 Å². The van der Waals surface area contributed by atoms with E-state index in [0.717, 1.165) is 44.0 Å². The van der Waals surface area contributed by atoms with E-state index >= 15 is 0 Å². The Hall–Kier alpha value is -3.42. The Bertz CT molecular complexity index is 1580. The highest BCUT2D eigenvalue weighted by Crippen LogP contribution is 2.48. The van der Waals surface area contributed by atoms with Gasteiger partial charge in [0.05, 0.1) is 16.9 Å². The molecule has 4 nitrogen and oxygen atoms in total. The van der Waals surface area contributed by atoms with Crippen LogP contribution in [0.15, 0.2) is 68.7 Å². The third-order valence-electron chi connectivity index (χ3n) is 6.53. The summed E-state index contributed by atoms with van der Waals surface area (Å²) in [7, 11) is 0. The standard InChI is InChI=1S/C30H27F9O4S/c1-4-5-6-7-18-8-11-21(23(12-18)29(35,36)37)22-13-19-9-10-20(14-24(19)43-26(22)41)44-16-28(33,34)30(38,39)27(31,32)15-42-25(40)17(2)3/h8-14H,2,4-7,15-16H2,1,3H3. The van der Waals surface area contributed by atoms with Crippen molar-refractivity contribution in [3.05, 3.63) is 76.2 Å². The van der Waals surface area contributed by atoms with E-state index in [4.69, 9.17) is 4.42 Å².